The van der Waals surface area contributed by atoms with Crippen LogP contribution in [0, 0.1) is 5.41 Å². The molecule has 9 heteroatoms. The number of carbonyl (C=O) groups excluding carboxylic acids is 1. The van der Waals surface area contributed by atoms with E-state index in [4.69, 9.17) is 15.2 Å². The molecule has 0 unspecified atom stereocenters. The first-order valence-electron chi connectivity index (χ1n) is 7.68. The van der Waals surface area contributed by atoms with Crippen LogP contribution in [0.15, 0.2) is 18.2 Å². The van der Waals surface area contributed by atoms with Crippen molar-refractivity contribution in [1.29, 1.82) is 0 Å². The molecule has 142 valence electrons. The van der Waals surface area contributed by atoms with Crippen LogP contribution in [-0.4, -0.2) is 39.4 Å². The molecule has 0 aliphatic carbocycles. The number of rotatable bonds is 7. The maximum Gasteiger partial charge on any atom is 0.387 e. The molecule has 0 spiro atoms. The second-order valence-electron chi connectivity index (χ2n) is 5.63. The number of benzene rings is 1. The van der Waals surface area contributed by atoms with Crippen LogP contribution in [0.1, 0.15) is 18.4 Å². The number of alkyl halides is 2. The Morgan fingerprint density at radius 3 is 2.64 bits per heavy atom. The Morgan fingerprint density at radius 2 is 2.08 bits per heavy atom. The number of nitrogens with two attached hydrogens (primary N) is 1. The Kier molecular flexibility index (Phi) is 8.34. The van der Waals surface area contributed by atoms with Crippen LogP contribution in [0.25, 0.3) is 0 Å². The molecule has 25 heavy (non-hydrogen) atoms. The minimum Gasteiger partial charge on any atom is -0.497 e. The van der Waals surface area contributed by atoms with Gasteiger partial charge in [0.25, 0.3) is 0 Å². The fraction of sp³-hybridized carbons (Fsp3) is 0.562. The predicted octanol–water partition coefficient (Wildman–Crippen LogP) is 2.09. The molecule has 0 atom stereocenters. The maximum atomic E-state index is 12.5. The average Bonchev–Trinajstić information content (AvgIpc) is 2.60. The SMILES string of the molecule is COc1ccc(OC(F)F)c(CNC(=O)C2(CN)CCOCC2)c1.Cl. The zero-order valence-corrected chi connectivity index (χ0v) is 14.7. The summed E-state index contributed by atoms with van der Waals surface area (Å²) in [5.74, 6) is 0.277. The van der Waals surface area contributed by atoms with Crippen molar-refractivity contribution in [1.82, 2.24) is 5.32 Å². The van der Waals surface area contributed by atoms with Gasteiger partial charge in [-0.1, -0.05) is 0 Å². The number of hydrogen-bond acceptors (Lipinski definition) is 5. The molecule has 1 saturated heterocycles. The van der Waals surface area contributed by atoms with Gasteiger partial charge in [0, 0.05) is 31.9 Å². The summed E-state index contributed by atoms with van der Waals surface area (Å²) < 4.78 is 39.9. The van der Waals surface area contributed by atoms with Gasteiger partial charge in [0.2, 0.25) is 5.91 Å². The zero-order valence-electron chi connectivity index (χ0n) is 13.9. The van der Waals surface area contributed by atoms with E-state index in [1.54, 1.807) is 6.07 Å². The van der Waals surface area contributed by atoms with Gasteiger partial charge in [-0.15, -0.1) is 12.4 Å². The Labute approximate surface area is 151 Å². The van der Waals surface area contributed by atoms with Crippen LogP contribution in [-0.2, 0) is 16.1 Å². The highest BCUT2D eigenvalue weighted by Crippen LogP contribution is 2.30. The highest BCUT2D eigenvalue weighted by Gasteiger charge is 2.38. The van der Waals surface area contributed by atoms with Gasteiger partial charge >= 0.3 is 6.61 Å². The molecule has 1 amide bonds. The molecule has 0 bridgehead atoms. The summed E-state index contributed by atoms with van der Waals surface area (Å²) in [6.07, 6.45) is 1.07. The highest BCUT2D eigenvalue weighted by atomic mass is 35.5. The minimum absolute atomic E-state index is 0. The maximum absolute atomic E-state index is 12.5. The summed E-state index contributed by atoms with van der Waals surface area (Å²) in [4.78, 5) is 12.5. The van der Waals surface area contributed by atoms with Gasteiger partial charge in [-0.2, -0.15) is 8.78 Å². The molecule has 0 radical (unpaired) electrons. The molecule has 3 N–H and O–H groups in total. The molecule has 2 rings (SSSR count). The molecule has 1 aromatic carbocycles. The van der Waals surface area contributed by atoms with Crippen molar-refractivity contribution >= 4 is 18.3 Å². The Morgan fingerprint density at radius 1 is 1.40 bits per heavy atom. The first-order valence-corrected chi connectivity index (χ1v) is 7.68. The van der Waals surface area contributed by atoms with E-state index >= 15 is 0 Å². The fourth-order valence-corrected chi connectivity index (χ4v) is 2.68. The van der Waals surface area contributed by atoms with Crippen molar-refractivity contribution < 1.29 is 27.8 Å². The van der Waals surface area contributed by atoms with Crippen molar-refractivity contribution in [2.45, 2.75) is 26.0 Å². The van der Waals surface area contributed by atoms with Crippen LogP contribution in [0.3, 0.4) is 0 Å². The number of hydrogen-bond donors (Lipinski definition) is 2. The fourth-order valence-electron chi connectivity index (χ4n) is 2.68. The van der Waals surface area contributed by atoms with E-state index in [1.807, 2.05) is 0 Å². The third-order valence-electron chi connectivity index (χ3n) is 4.25. The van der Waals surface area contributed by atoms with E-state index in [0.29, 0.717) is 37.4 Å². The molecule has 1 aliphatic heterocycles. The first-order chi connectivity index (χ1) is 11.5. The zero-order chi connectivity index (χ0) is 17.6. The van der Waals surface area contributed by atoms with E-state index in [9.17, 15) is 13.6 Å². The lowest BCUT2D eigenvalue weighted by Gasteiger charge is -2.34. The second-order valence-corrected chi connectivity index (χ2v) is 5.63. The first kappa shape index (κ1) is 21.4. The number of ether oxygens (including phenoxy) is 3. The normalized spacial score (nSPS) is 16.0. The molecule has 6 nitrogen and oxygen atoms in total. The van der Waals surface area contributed by atoms with E-state index in [-0.39, 0.29) is 37.2 Å². The number of carbonyl (C=O) groups is 1. The second kappa shape index (κ2) is 9.74. The summed E-state index contributed by atoms with van der Waals surface area (Å²) in [6, 6.07) is 4.46. The van der Waals surface area contributed by atoms with Crippen molar-refractivity contribution in [3.8, 4) is 11.5 Å². The van der Waals surface area contributed by atoms with Gasteiger partial charge in [0.1, 0.15) is 11.5 Å². The molecule has 0 saturated carbocycles. The van der Waals surface area contributed by atoms with Crippen molar-refractivity contribution in [3.05, 3.63) is 23.8 Å². The molecule has 1 aliphatic rings. The van der Waals surface area contributed by atoms with Gasteiger partial charge in [0.15, 0.2) is 0 Å². The number of methoxy groups -OCH3 is 1. The standard InChI is InChI=1S/C16H22F2N2O4.ClH/c1-22-12-2-3-13(24-15(17)18)11(8-12)9-20-14(21)16(10-19)4-6-23-7-5-16;/h2-3,8,15H,4-7,9-10,19H2,1H3,(H,20,21);1H. The molecular formula is C16H23ClF2N2O4. The number of nitrogens with one attached hydrogen (secondary N) is 1. The van der Waals surface area contributed by atoms with Crippen LogP contribution >= 0.6 is 12.4 Å². The van der Waals surface area contributed by atoms with Gasteiger partial charge < -0.3 is 25.3 Å². The van der Waals surface area contributed by atoms with Crippen LogP contribution in [0.2, 0.25) is 0 Å². The average molecular weight is 381 g/mol. The number of halogens is 3. The molecule has 1 heterocycles. The summed E-state index contributed by atoms with van der Waals surface area (Å²) >= 11 is 0. The van der Waals surface area contributed by atoms with Crippen LogP contribution in [0.4, 0.5) is 8.78 Å². The smallest absolute Gasteiger partial charge is 0.387 e. The lowest BCUT2D eigenvalue weighted by atomic mass is 9.79. The lowest BCUT2D eigenvalue weighted by Crippen LogP contribution is -2.49. The monoisotopic (exact) mass is 380 g/mol. The molecule has 1 fully saturated rings. The highest BCUT2D eigenvalue weighted by molar-refractivity contribution is 5.85. The predicted molar refractivity (Wildman–Crippen MR) is 90.3 cm³/mol. The lowest BCUT2D eigenvalue weighted by molar-refractivity contribution is -0.136. The summed E-state index contributed by atoms with van der Waals surface area (Å²) in [6.45, 7) is -1.74. The molecular weight excluding hydrogens is 358 g/mol. The minimum atomic E-state index is -2.95. The van der Waals surface area contributed by atoms with Crippen molar-refractivity contribution in [2.24, 2.45) is 11.1 Å². The summed E-state index contributed by atoms with van der Waals surface area (Å²) in [5, 5.41) is 2.77. The summed E-state index contributed by atoms with van der Waals surface area (Å²) in [5.41, 5.74) is 5.51. The van der Waals surface area contributed by atoms with E-state index in [1.165, 1.54) is 19.2 Å². The Bertz CT molecular complexity index is 569. The van der Waals surface area contributed by atoms with E-state index < -0.39 is 12.0 Å². The third kappa shape index (κ3) is 5.42. The van der Waals surface area contributed by atoms with Crippen LogP contribution < -0.4 is 20.5 Å². The third-order valence-corrected chi connectivity index (χ3v) is 4.25. The number of amides is 1. The quantitative estimate of drug-likeness (QED) is 0.756. The van der Waals surface area contributed by atoms with Gasteiger partial charge in [-0.3, -0.25) is 4.79 Å². The Balaban J connectivity index is 0.00000312. The van der Waals surface area contributed by atoms with Crippen molar-refractivity contribution in [3.63, 3.8) is 0 Å². The van der Waals surface area contributed by atoms with Crippen molar-refractivity contribution in [2.75, 3.05) is 26.9 Å². The van der Waals surface area contributed by atoms with Gasteiger partial charge in [-0.05, 0) is 31.0 Å². The summed E-state index contributed by atoms with van der Waals surface area (Å²) in [7, 11) is 1.47. The molecule has 1 aromatic rings. The van der Waals surface area contributed by atoms with Gasteiger partial charge in [0.05, 0.1) is 12.5 Å². The topological polar surface area (TPSA) is 82.8 Å². The van der Waals surface area contributed by atoms with E-state index in [0.717, 1.165) is 0 Å². The largest absolute Gasteiger partial charge is 0.497 e. The van der Waals surface area contributed by atoms with E-state index in [2.05, 4.69) is 10.1 Å². The Hall–Kier alpha value is -1.64. The molecule has 0 aromatic heterocycles. The van der Waals surface area contributed by atoms with Crippen LogP contribution in [0.5, 0.6) is 11.5 Å². The van der Waals surface area contributed by atoms with Gasteiger partial charge in [-0.25, -0.2) is 0 Å².